The molecule has 0 atom stereocenters. The maximum atomic E-state index is 5.07. The predicted molar refractivity (Wildman–Crippen MR) is 206 cm³/mol. The average molecular weight is 531 g/mol. The molecule has 0 saturated carbocycles. The summed E-state index contributed by atoms with van der Waals surface area (Å²) < 4.78 is 2.41. The van der Waals surface area contributed by atoms with E-state index >= 15 is 0 Å². The molecule has 0 unspecified atom stereocenters. The molecule has 194 valence electrons. The van der Waals surface area contributed by atoms with Crippen LogP contribution < -0.4 is 38.2 Å². The molecule has 0 fully saturated rings. The number of rotatable bonds is 3. The van der Waals surface area contributed by atoms with E-state index in [0.717, 1.165) is 23.3 Å². The van der Waals surface area contributed by atoms with Gasteiger partial charge in [-0.15, -0.1) is 10.9 Å². The van der Waals surface area contributed by atoms with Crippen molar-refractivity contribution < 1.29 is 0 Å². The van der Waals surface area contributed by atoms with Crippen molar-refractivity contribution >= 4 is 137 Å². The Bertz CT molecular complexity index is 2210. The van der Waals surface area contributed by atoms with Crippen LogP contribution in [-0.4, -0.2) is 64.5 Å². The molecule has 2 nitrogen and oxygen atoms in total. The summed E-state index contributed by atoms with van der Waals surface area (Å²) in [6.07, 6.45) is 0.860. The van der Waals surface area contributed by atoms with Crippen LogP contribution >= 0.6 is 0 Å². The molecular weight excluding hydrogens is 500 g/mol. The van der Waals surface area contributed by atoms with Gasteiger partial charge in [-0.1, -0.05) is 94.9 Å². The van der Waals surface area contributed by atoms with Crippen molar-refractivity contribution in [2.24, 2.45) is 0 Å². The predicted octanol–water partition coefficient (Wildman–Crippen LogP) is -3.48. The Morgan fingerprint density at radius 2 is 1.00 bits per heavy atom. The number of nitrogens with zero attached hydrogens (tertiary/aromatic N) is 2. The summed E-state index contributed by atoms with van der Waals surface area (Å²) in [4.78, 5) is 5.07. The Kier molecular flexibility index (Phi) is 6.27. The van der Waals surface area contributed by atoms with E-state index in [2.05, 4.69) is 139 Å². The number of aromatic nitrogens is 2. The normalized spacial score (nSPS) is 11.7. The summed E-state index contributed by atoms with van der Waals surface area (Å²) in [6, 6.07) is 26.5. The summed E-state index contributed by atoms with van der Waals surface area (Å²) in [7, 11) is 16.2. The van der Waals surface area contributed by atoms with Crippen LogP contribution in [0.5, 0.6) is 0 Å². The number of hydrogen-bond acceptors (Lipinski definition) is 1. The molecule has 1 heterocycles. The number of para-hydroxylation sites is 2. The Labute approximate surface area is 254 Å². The van der Waals surface area contributed by atoms with Gasteiger partial charge in [0, 0.05) is 17.2 Å². The third kappa shape index (κ3) is 3.59. The lowest BCUT2D eigenvalue weighted by Crippen LogP contribution is -2.52. The first-order valence-corrected chi connectivity index (χ1v) is 15.2. The van der Waals surface area contributed by atoms with Gasteiger partial charge in [0.1, 0.15) is 60.7 Å². The molecule has 0 saturated heterocycles. The summed E-state index contributed by atoms with van der Waals surface area (Å²) >= 11 is 0. The molecule has 7 rings (SSSR count). The first-order chi connectivity index (χ1) is 20.3. The maximum absolute atomic E-state index is 5.07. The summed E-state index contributed by atoms with van der Waals surface area (Å²) in [6.45, 7) is 2.20. The van der Waals surface area contributed by atoms with E-state index in [9.17, 15) is 0 Å². The number of imidazole rings is 1. The highest BCUT2D eigenvalue weighted by molar-refractivity contribution is 6.72. The third-order valence-electron chi connectivity index (χ3n) is 10.1. The summed E-state index contributed by atoms with van der Waals surface area (Å²) in [5, 5.41) is 7.93. The van der Waals surface area contributed by atoms with Gasteiger partial charge in [0.15, 0.2) is 0 Å². The second kappa shape index (κ2) is 9.80. The molecule has 0 aliphatic heterocycles. The molecule has 0 bridgehead atoms. The van der Waals surface area contributed by atoms with Gasteiger partial charge in [-0.25, -0.2) is 4.98 Å². The maximum Gasteiger partial charge on any atom is 0.140 e. The molecule has 0 aliphatic carbocycles. The minimum Gasteiger partial charge on any atom is -0.295 e. The van der Waals surface area contributed by atoms with E-state index in [0.29, 0.717) is 0 Å². The highest BCUT2D eigenvalue weighted by atomic mass is 15.1. The molecule has 9 heteroatoms. The monoisotopic (exact) mass is 532 g/mol. The minimum absolute atomic E-state index is 0.860. The van der Waals surface area contributed by atoms with Gasteiger partial charge >= 0.3 is 0 Å². The van der Waals surface area contributed by atoms with Gasteiger partial charge in [-0.3, -0.25) is 4.57 Å². The van der Waals surface area contributed by atoms with Crippen LogP contribution in [0.4, 0.5) is 0 Å². The fraction of sp³-hybridized carbons (Fsp3) is 0.0606. The number of fused-ring (bicyclic) bond motifs is 4. The Hall–Kier alpha value is -3.98. The first-order valence-electron chi connectivity index (χ1n) is 15.2. The van der Waals surface area contributed by atoms with Gasteiger partial charge in [0.05, 0.1) is 16.7 Å². The van der Waals surface area contributed by atoms with Crippen LogP contribution in [0.25, 0.3) is 60.2 Å². The molecule has 0 amide bonds. The topological polar surface area (TPSA) is 17.8 Å². The fourth-order valence-electron chi connectivity index (χ4n) is 7.58. The quantitative estimate of drug-likeness (QED) is 0.171. The molecule has 7 aromatic rings. The van der Waals surface area contributed by atoms with Gasteiger partial charge in [0.2, 0.25) is 0 Å². The lowest BCUT2D eigenvalue weighted by atomic mass is 9.58. The van der Waals surface area contributed by atoms with E-state index in [4.69, 9.17) is 4.98 Å². The van der Waals surface area contributed by atoms with E-state index in [1.165, 1.54) is 87.4 Å². The van der Waals surface area contributed by atoms with Crippen molar-refractivity contribution in [3.8, 4) is 16.8 Å². The fourth-order valence-corrected chi connectivity index (χ4v) is 7.58. The molecule has 1 aromatic heterocycles. The smallest absolute Gasteiger partial charge is 0.140 e. The summed E-state index contributed by atoms with van der Waals surface area (Å²) in [5.74, 6) is 1.09. The van der Waals surface area contributed by atoms with E-state index < -0.39 is 0 Å². The highest BCUT2D eigenvalue weighted by Crippen LogP contribution is 2.41. The zero-order chi connectivity index (χ0) is 29.4. The van der Waals surface area contributed by atoms with Gasteiger partial charge < -0.3 is 0 Å². The van der Waals surface area contributed by atoms with Crippen LogP contribution in [0.15, 0.2) is 72.8 Å². The molecule has 0 N–H and O–H groups in total. The molecular formula is C33H31B7N2. The van der Waals surface area contributed by atoms with E-state index in [1.54, 1.807) is 0 Å². The Morgan fingerprint density at radius 1 is 0.524 bits per heavy atom. The van der Waals surface area contributed by atoms with Gasteiger partial charge in [0.25, 0.3) is 0 Å². The molecule has 42 heavy (non-hydrogen) atoms. The first kappa shape index (κ1) is 26.9. The van der Waals surface area contributed by atoms with Crippen molar-refractivity contribution in [3.05, 3.63) is 78.6 Å². The van der Waals surface area contributed by atoms with Crippen LogP contribution in [-0.2, 0) is 6.42 Å². The average Bonchev–Trinajstić information content (AvgIpc) is 3.38. The third-order valence-corrected chi connectivity index (χ3v) is 10.1. The van der Waals surface area contributed by atoms with E-state index in [1.807, 2.05) is 0 Å². The SMILES string of the molecule is Bc1c(B)c(B)c2c(B)c(-c3c4ccccc4c(-n4c(CC)nc5ccccc54)c4ccccc34)c(B)c(B)c2c1B. The highest BCUT2D eigenvalue weighted by Gasteiger charge is 2.24. The molecule has 0 radical (unpaired) electrons. The largest absolute Gasteiger partial charge is 0.295 e. The Morgan fingerprint density at radius 3 is 1.57 bits per heavy atom. The van der Waals surface area contributed by atoms with Crippen molar-refractivity contribution in [1.29, 1.82) is 0 Å². The zero-order valence-electron chi connectivity index (χ0n) is 26.0. The zero-order valence-corrected chi connectivity index (χ0v) is 26.0. The number of hydrogen-bond donors (Lipinski definition) is 0. The molecule has 0 aliphatic rings. The lowest BCUT2D eigenvalue weighted by molar-refractivity contribution is 0.917. The second-order valence-corrected chi connectivity index (χ2v) is 12.0. The molecule has 6 aromatic carbocycles. The van der Waals surface area contributed by atoms with E-state index in [-0.39, 0.29) is 0 Å². The van der Waals surface area contributed by atoms with Gasteiger partial charge in [-0.05, 0) is 44.8 Å². The van der Waals surface area contributed by atoms with Crippen LogP contribution in [0, 0.1) is 0 Å². The van der Waals surface area contributed by atoms with Crippen LogP contribution in [0.1, 0.15) is 12.7 Å². The summed E-state index contributed by atoms with van der Waals surface area (Å²) in [5.41, 5.74) is 15.9. The molecule has 0 spiro atoms. The standard InChI is InChI=1S/C33H31B7N2/c1-2-21-41-19-13-7-8-14-20(19)42(21)33-17-11-5-3-9-15(17)22(16-10-4-6-12-18(16)33)23-26(34)24-25(28(36)27(23)35)30(38)32(40)31(39)29(24)37/h3-14H,2,34-40H2,1H3. The number of benzene rings is 6. The van der Waals surface area contributed by atoms with Gasteiger partial charge in [-0.2, -0.15) is 0 Å². The number of aryl methyl sites for hydroxylation is 1. The van der Waals surface area contributed by atoms with Crippen molar-refractivity contribution in [1.82, 2.24) is 9.55 Å². The minimum atomic E-state index is 0.860. The lowest BCUT2D eigenvalue weighted by Gasteiger charge is -2.26. The second-order valence-electron chi connectivity index (χ2n) is 12.0. The van der Waals surface area contributed by atoms with Crippen LogP contribution in [0.3, 0.4) is 0 Å². The van der Waals surface area contributed by atoms with Crippen LogP contribution in [0.2, 0.25) is 0 Å². The Balaban J connectivity index is 1.72. The van der Waals surface area contributed by atoms with Crippen molar-refractivity contribution in [3.63, 3.8) is 0 Å². The van der Waals surface area contributed by atoms with Crippen molar-refractivity contribution in [2.75, 3.05) is 0 Å². The van der Waals surface area contributed by atoms with Crippen molar-refractivity contribution in [2.45, 2.75) is 13.3 Å².